The summed E-state index contributed by atoms with van der Waals surface area (Å²) in [6.45, 7) is 5.63. The fourth-order valence-corrected chi connectivity index (χ4v) is 3.29. The molecule has 1 spiro atoms. The van der Waals surface area contributed by atoms with E-state index in [0.29, 0.717) is 16.9 Å². The van der Waals surface area contributed by atoms with E-state index in [0.717, 1.165) is 31.7 Å². The molecule has 2 fully saturated rings. The van der Waals surface area contributed by atoms with Gasteiger partial charge in [-0.05, 0) is 18.9 Å². The zero-order valence-corrected chi connectivity index (χ0v) is 14.2. The predicted molar refractivity (Wildman–Crippen MR) is 87.8 cm³/mol. The van der Waals surface area contributed by atoms with E-state index in [1.54, 1.807) is 23.2 Å². The number of aromatic carboxylic acids is 1. The van der Waals surface area contributed by atoms with Crippen LogP contribution in [0.15, 0.2) is 18.6 Å². The Kier molecular flexibility index (Phi) is 4.36. The van der Waals surface area contributed by atoms with E-state index in [-0.39, 0.29) is 11.6 Å². The van der Waals surface area contributed by atoms with Gasteiger partial charge in [-0.25, -0.2) is 19.7 Å². The van der Waals surface area contributed by atoms with Crippen molar-refractivity contribution < 1.29 is 14.6 Å². The molecule has 0 unspecified atom stereocenters. The van der Waals surface area contributed by atoms with Gasteiger partial charge in [-0.2, -0.15) is 0 Å². The Hall–Kier alpha value is -2.28. The van der Waals surface area contributed by atoms with Crippen molar-refractivity contribution in [2.45, 2.75) is 32.6 Å². The van der Waals surface area contributed by atoms with E-state index in [9.17, 15) is 9.90 Å². The van der Waals surface area contributed by atoms with Gasteiger partial charge in [-0.1, -0.05) is 13.8 Å². The van der Waals surface area contributed by atoms with Gasteiger partial charge in [0.15, 0.2) is 11.5 Å². The molecule has 2 aromatic heterocycles. The maximum Gasteiger partial charge on any atom is 0.354 e. The van der Waals surface area contributed by atoms with Crippen molar-refractivity contribution in [3.8, 4) is 11.5 Å². The van der Waals surface area contributed by atoms with Gasteiger partial charge in [0.1, 0.15) is 5.69 Å². The minimum Gasteiger partial charge on any atom is -0.477 e. The molecular weight excluding hydrogens is 308 g/mol. The lowest BCUT2D eigenvalue weighted by Crippen LogP contribution is -2.51. The van der Waals surface area contributed by atoms with Crippen molar-refractivity contribution in [2.75, 3.05) is 13.2 Å². The van der Waals surface area contributed by atoms with E-state index in [2.05, 4.69) is 15.0 Å². The first-order chi connectivity index (χ1) is 11.6. The Bertz CT molecular complexity index is 744. The van der Waals surface area contributed by atoms with Crippen LogP contribution in [0.3, 0.4) is 0 Å². The van der Waals surface area contributed by atoms with E-state index in [4.69, 9.17) is 4.74 Å². The van der Waals surface area contributed by atoms with Crippen LogP contribution in [0.1, 0.15) is 48.8 Å². The van der Waals surface area contributed by atoms with Crippen molar-refractivity contribution in [3.63, 3.8) is 0 Å². The highest BCUT2D eigenvalue weighted by molar-refractivity contribution is 5.86. The molecule has 1 N–H and O–H groups in total. The lowest BCUT2D eigenvalue weighted by molar-refractivity contribution is -0.164. The van der Waals surface area contributed by atoms with Crippen LogP contribution in [0.25, 0.3) is 11.5 Å². The van der Waals surface area contributed by atoms with E-state index in [1.807, 2.05) is 20.9 Å². The lowest BCUT2D eigenvalue weighted by atomic mass is 9.60. The van der Waals surface area contributed by atoms with Gasteiger partial charge >= 0.3 is 5.97 Å². The lowest BCUT2D eigenvalue weighted by Gasteiger charge is -2.53. The molecule has 0 atom stereocenters. The van der Waals surface area contributed by atoms with Crippen molar-refractivity contribution in [3.05, 3.63) is 30.0 Å². The summed E-state index contributed by atoms with van der Waals surface area (Å²) in [4.78, 5) is 24.1. The highest BCUT2D eigenvalue weighted by Crippen LogP contribution is 2.54. The molecule has 0 bridgehead atoms. The molecule has 4 rings (SSSR count). The zero-order valence-electron chi connectivity index (χ0n) is 14.2. The van der Waals surface area contributed by atoms with Crippen molar-refractivity contribution in [1.82, 2.24) is 19.5 Å². The zero-order chi connectivity index (χ0) is 17.3. The summed E-state index contributed by atoms with van der Waals surface area (Å²) in [6.07, 6.45) is 5.31. The van der Waals surface area contributed by atoms with E-state index in [1.165, 1.54) is 0 Å². The third kappa shape index (κ3) is 2.80. The second kappa shape index (κ2) is 6.32. The summed E-state index contributed by atoms with van der Waals surface area (Å²) in [5.74, 6) is -0.328. The normalized spacial score (nSPS) is 18.3. The van der Waals surface area contributed by atoms with Gasteiger partial charge < -0.3 is 14.4 Å². The van der Waals surface area contributed by atoms with Crippen molar-refractivity contribution in [2.24, 2.45) is 12.5 Å². The van der Waals surface area contributed by atoms with Crippen LogP contribution in [-0.2, 0) is 11.8 Å². The Labute approximate surface area is 140 Å². The number of aryl methyl sites for hydroxylation is 1. The number of hydrogen-bond acceptors (Lipinski definition) is 5. The number of carbonyl (C=O) groups is 1. The highest BCUT2D eigenvalue weighted by atomic mass is 16.5. The topological polar surface area (TPSA) is 90.1 Å². The first-order valence-electron chi connectivity index (χ1n) is 8.23. The molecule has 1 saturated carbocycles. The molecule has 1 aliphatic heterocycles. The van der Waals surface area contributed by atoms with Crippen LogP contribution >= 0.6 is 0 Å². The summed E-state index contributed by atoms with van der Waals surface area (Å²) in [7, 11) is 1.84. The highest BCUT2D eigenvalue weighted by Gasteiger charge is 2.50. The van der Waals surface area contributed by atoms with Crippen LogP contribution in [0.5, 0.6) is 0 Å². The van der Waals surface area contributed by atoms with Crippen LogP contribution in [0.4, 0.5) is 0 Å². The minimum atomic E-state index is -1.03. The largest absolute Gasteiger partial charge is 0.477 e. The fourth-order valence-electron chi connectivity index (χ4n) is 3.29. The smallest absolute Gasteiger partial charge is 0.354 e. The average molecular weight is 330 g/mol. The summed E-state index contributed by atoms with van der Waals surface area (Å²) in [5, 5.41) is 9.30. The number of hydrogen-bond donors (Lipinski definition) is 1. The Balaban J connectivity index is 0.000000815. The average Bonchev–Trinajstić information content (AvgIpc) is 2.92. The molecular formula is C17H22N4O3. The van der Waals surface area contributed by atoms with Gasteiger partial charge in [-0.3, -0.25) is 0 Å². The third-order valence-electron chi connectivity index (χ3n) is 4.60. The number of imidazole rings is 1. The van der Waals surface area contributed by atoms with Gasteiger partial charge in [0.25, 0.3) is 0 Å². The number of carboxylic acid groups (broad SMARTS) is 1. The number of ether oxygens (including phenoxy) is 1. The molecule has 2 aliphatic rings. The maximum absolute atomic E-state index is 11.4. The molecule has 7 heteroatoms. The molecule has 128 valence electrons. The number of carboxylic acids is 1. The molecule has 2 aromatic rings. The predicted octanol–water partition coefficient (Wildman–Crippen LogP) is 2.50. The van der Waals surface area contributed by atoms with Crippen molar-refractivity contribution in [1.29, 1.82) is 0 Å². The first kappa shape index (κ1) is 16.6. The maximum atomic E-state index is 11.4. The van der Waals surface area contributed by atoms with E-state index < -0.39 is 5.97 Å². The molecule has 0 amide bonds. The van der Waals surface area contributed by atoms with Crippen LogP contribution in [0.2, 0.25) is 0 Å². The molecule has 0 radical (unpaired) electrons. The quantitative estimate of drug-likeness (QED) is 0.930. The number of nitrogens with zero attached hydrogens (tertiary/aromatic N) is 4. The minimum absolute atomic E-state index is 0.0343. The van der Waals surface area contributed by atoms with Gasteiger partial charge in [-0.15, -0.1) is 0 Å². The Morgan fingerprint density at radius 1 is 1.33 bits per heavy atom. The molecule has 1 saturated heterocycles. The molecule has 3 heterocycles. The third-order valence-corrected chi connectivity index (χ3v) is 4.60. The summed E-state index contributed by atoms with van der Waals surface area (Å²) >= 11 is 0. The molecule has 0 aromatic carbocycles. The van der Waals surface area contributed by atoms with Gasteiger partial charge in [0.2, 0.25) is 0 Å². The first-order valence-corrected chi connectivity index (χ1v) is 8.23. The monoisotopic (exact) mass is 330 g/mol. The van der Waals surface area contributed by atoms with Crippen LogP contribution < -0.4 is 0 Å². The second-order valence-electron chi connectivity index (χ2n) is 6.29. The number of aromatic nitrogens is 4. The van der Waals surface area contributed by atoms with E-state index >= 15 is 0 Å². The SMILES string of the molecule is CC.Cn1cncc1-c1nc(C(=O)O)cc(C2CC3(COC3)C2)n1. The molecule has 24 heavy (non-hydrogen) atoms. The van der Waals surface area contributed by atoms with Gasteiger partial charge in [0, 0.05) is 24.1 Å². The molecule has 1 aliphatic carbocycles. The Morgan fingerprint density at radius 3 is 2.54 bits per heavy atom. The fraction of sp³-hybridized carbons (Fsp3) is 0.529. The van der Waals surface area contributed by atoms with Gasteiger partial charge in [0.05, 0.1) is 25.7 Å². The van der Waals surface area contributed by atoms with Crippen molar-refractivity contribution >= 4 is 5.97 Å². The second-order valence-corrected chi connectivity index (χ2v) is 6.29. The van der Waals surface area contributed by atoms with Crippen LogP contribution in [-0.4, -0.2) is 43.8 Å². The van der Waals surface area contributed by atoms with Crippen LogP contribution in [0, 0.1) is 5.41 Å². The summed E-state index contributed by atoms with van der Waals surface area (Å²) in [5.41, 5.74) is 1.87. The summed E-state index contributed by atoms with van der Waals surface area (Å²) in [6, 6.07) is 1.60. The number of rotatable bonds is 3. The molecule has 7 nitrogen and oxygen atoms in total. The standard InChI is InChI=1S/C15H16N4O3.C2H6/c1-19-8-16-5-12(19)13-17-10(2-11(18-13)14(20)21)9-3-15(4-9)6-22-7-15;1-2/h2,5,8-9H,3-4,6-7H2,1H3,(H,20,21);1-2H3. The Morgan fingerprint density at radius 2 is 2.04 bits per heavy atom. The summed E-state index contributed by atoms with van der Waals surface area (Å²) < 4.78 is 7.07.